The first kappa shape index (κ1) is 32.4. The third kappa shape index (κ3) is 10.0. The summed E-state index contributed by atoms with van der Waals surface area (Å²) in [7, 11) is 1.68. The van der Waals surface area contributed by atoms with Crippen LogP contribution in [0, 0.1) is 6.92 Å². The molecular formula is C33H42N2O8. The van der Waals surface area contributed by atoms with E-state index in [0.29, 0.717) is 45.8 Å². The van der Waals surface area contributed by atoms with Crippen LogP contribution in [0.25, 0.3) is 11.1 Å². The molecule has 10 heteroatoms. The second-order valence-electron chi connectivity index (χ2n) is 10.5. The van der Waals surface area contributed by atoms with Crippen LogP contribution in [0.4, 0.5) is 4.79 Å². The largest absolute Gasteiger partial charge is 0.493 e. The van der Waals surface area contributed by atoms with E-state index in [2.05, 4.69) is 41.2 Å². The van der Waals surface area contributed by atoms with Crippen molar-refractivity contribution in [1.29, 1.82) is 0 Å². The Hall–Kier alpha value is -3.51. The zero-order valence-electron chi connectivity index (χ0n) is 24.9. The van der Waals surface area contributed by atoms with Gasteiger partial charge in [0.1, 0.15) is 5.75 Å². The molecule has 1 heterocycles. The predicted octanol–water partition coefficient (Wildman–Crippen LogP) is 5.99. The van der Waals surface area contributed by atoms with Gasteiger partial charge in [-0.3, -0.25) is 15.3 Å². The summed E-state index contributed by atoms with van der Waals surface area (Å²) in [4.78, 5) is 19.1. The van der Waals surface area contributed by atoms with E-state index in [4.69, 9.17) is 29.4 Å². The maximum Gasteiger partial charge on any atom is 0.409 e. The lowest BCUT2D eigenvalue weighted by Crippen LogP contribution is -2.47. The Balaban J connectivity index is 1.48. The van der Waals surface area contributed by atoms with Crippen LogP contribution in [0.2, 0.25) is 0 Å². The number of methoxy groups -OCH3 is 1. The third-order valence-electron chi connectivity index (χ3n) is 7.39. The number of hydrogen-bond donors (Lipinski definition) is 2. The normalized spacial score (nSPS) is 16.8. The van der Waals surface area contributed by atoms with Gasteiger partial charge in [-0.05, 0) is 41.7 Å². The number of aryl methyl sites for hydroxylation is 1. The van der Waals surface area contributed by atoms with Gasteiger partial charge < -0.3 is 23.8 Å². The van der Waals surface area contributed by atoms with Crippen LogP contribution in [0.3, 0.4) is 0 Å². The highest BCUT2D eigenvalue weighted by molar-refractivity contribution is 5.68. The van der Waals surface area contributed by atoms with Gasteiger partial charge in [0, 0.05) is 44.6 Å². The van der Waals surface area contributed by atoms with Gasteiger partial charge >= 0.3 is 6.09 Å². The third-order valence-corrected chi connectivity index (χ3v) is 7.39. The molecule has 0 saturated carbocycles. The van der Waals surface area contributed by atoms with Crippen molar-refractivity contribution in [2.24, 2.45) is 0 Å². The van der Waals surface area contributed by atoms with Gasteiger partial charge in [-0.15, -0.1) is 0 Å². The lowest BCUT2D eigenvalue weighted by molar-refractivity contribution is -0.492. The van der Waals surface area contributed by atoms with Crippen LogP contribution >= 0.6 is 0 Å². The molecule has 1 aliphatic heterocycles. The lowest BCUT2D eigenvalue weighted by atomic mass is 9.85. The Labute approximate surface area is 253 Å². The molecule has 4 rings (SSSR count). The molecule has 0 radical (unpaired) electrons. The zero-order chi connectivity index (χ0) is 30.4. The van der Waals surface area contributed by atoms with E-state index >= 15 is 0 Å². The molecule has 1 amide bonds. The first-order valence-electron chi connectivity index (χ1n) is 14.7. The summed E-state index contributed by atoms with van der Waals surface area (Å²) in [5.74, 6) is 0.857. The minimum absolute atomic E-state index is 0.00172. The van der Waals surface area contributed by atoms with E-state index in [9.17, 15) is 4.79 Å². The average Bonchev–Trinajstić information content (AvgIpc) is 3.02. The molecule has 0 spiro atoms. The van der Waals surface area contributed by atoms with E-state index in [0.717, 1.165) is 40.0 Å². The average molecular weight is 595 g/mol. The second kappa shape index (κ2) is 17.0. The fourth-order valence-electron chi connectivity index (χ4n) is 5.17. The number of piperidine rings is 1. The molecule has 0 bridgehead atoms. The van der Waals surface area contributed by atoms with Crippen molar-refractivity contribution in [2.45, 2.75) is 44.8 Å². The van der Waals surface area contributed by atoms with Crippen molar-refractivity contribution in [3.05, 3.63) is 89.5 Å². The molecule has 1 saturated heterocycles. The maximum absolute atomic E-state index is 12.9. The van der Waals surface area contributed by atoms with Crippen molar-refractivity contribution in [3.8, 4) is 16.9 Å². The molecule has 1 fully saturated rings. The molecule has 1 unspecified atom stereocenters. The Morgan fingerprint density at radius 3 is 2.51 bits per heavy atom. The van der Waals surface area contributed by atoms with Crippen molar-refractivity contribution >= 4 is 6.09 Å². The van der Waals surface area contributed by atoms with E-state index in [1.807, 2.05) is 43.3 Å². The molecule has 232 valence electrons. The molecule has 0 aliphatic carbocycles. The summed E-state index contributed by atoms with van der Waals surface area (Å²) in [5.41, 5.74) is 5.49. The molecule has 3 aromatic rings. The number of carbonyl (C=O) groups excluding carboxylic acids is 1. The quantitative estimate of drug-likeness (QED) is 0.162. The smallest absolute Gasteiger partial charge is 0.409 e. The molecule has 43 heavy (non-hydrogen) atoms. The molecular weight excluding hydrogens is 552 g/mol. The number of hydrogen-bond acceptors (Lipinski definition) is 9. The van der Waals surface area contributed by atoms with Gasteiger partial charge in [-0.1, -0.05) is 66.7 Å². The van der Waals surface area contributed by atoms with Crippen LogP contribution in [0.5, 0.6) is 5.75 Å². The van der Waals surface area contributed by atoms with E-state index in [1.165, 1.54) is 0 Å². The van der Waals surface area contributed by atoms with Gasteiger partial charge in [0.2, 0.25) is 0 Å². The van der Waals surface area contributed by atoms with Crippen LogP contribution in [0.1, 0.15) is 41.9 Å². The summed E-state index contributed by atoms with van der Waals surface area (Å²) in [5, 5.41) is 16.9. The van der Waals surface area contributed by atoms with E-state index < -0.39 is 6.09 Å². The molecule has 1 aliphatic rings. The fraction of sp³-hybridized carbons (Fsp3) is 0.424. The molecule has 0 aromatic heterocycles. The topological polar surface area (TPSA) is 110 Å². The second-order valence-corrected chi connectivity index (χ2v) is 10.5. The molecule has 2 N–H and O–H groups in total. The van der Waals surface area contributed by atoms with Gasteiger partial charge in [0.05, 0.1) is 44.5 Å². The molecule has 10 nitrogen and oxygen atoms in total. The molecule has 3 aromatic carbocycles. The van der Waals surface area contributed by atoms with Gasteiger partial charge in [-0.25, -0.2) is 4.79 Å². The zero-order valence-corrected chi connectivity index (χ0v) is 24.9. The Morgan fingerprint density at radius 1 is 0.930 bits per heavy atom. The van der Waals surface area contributed by atoms with Crippen molar-refractivity contribution in [1.82, 2.24) is 10.3 Å². The monoisotopic (exact) mass is 594 g/mol. The van der Waals surface area contributed by atoms with Gasteiger partial charge in [-0.2, -0.15) is 0 Å². The highest BCUT2D eigenvalue weighted by atomic mass is 17.1. The minimum Gasteiger partial charge on any atom is -0.493 e. The predicted molar refractivity (Wildman–Crippen MR) is 160 cm³/mol. The van der Waals surface area contributed by atoms with Crippen molar-refractivity contribution in [3.63, 3.8) is 0 Å². The Bertz CT molecular complexity index is 1270. The Kier molecular flexibility index (Phi) is 12.8. The number of amides is 1. The maximum atomic E-state index is 12.9. The highest BCUT2D eigenvalue weighted by Crippen LogP contribution is 2.34. The highest BCUT2D eigenvalue weighted by Gasteiger charge is 2.34. The fourth-order valence-corrected chi connectivity index (χ4v) is 5.17. The van der Waals surface area contributed by atoms with Crippen molar-refractivity contribution in [2.75, 3.05) is 46.6 Å². The van der Waals surface area contributed by atoms with Crippen LogP contribution in [-0.2, 0) is 25.7 Å². The van der Waals surface area contributed by atoms with Gasteiger partial charge in [0.25, 0.3) is 0 Å². The summed E-state index contributed by atoms with van der Waals surface area (Å²) in [6.07, 6.45) is 1.09. The van der Waals surface area contributed by atoms with E-state index in [-0.39, 0.29) is 30.6 Å². The summed E-state index contributed by atoms with van der Waals surface area (Å²) < 4.78 is 23.3. The first-order valence-corrected chi connectivity index (χ1v) is 14.7. The Morgan fingerprint density at radius 2 is 1.72 bits per heavy atom. The van der Waals surface area contributed by atoms with E-state index in [1.54, 1.807) is 12.0 Å². The summed E-state index contributed by atoms with van der Waals surface area (Å²) in [6.45, 7) is 4.51. The summed E-state index contributed by atoms with van der Waals surface area (Å²) >= 11 is 0. The number of likely N-dealkylation sites (tertiary alicyclic amines) is 1. The van der Waals surface area contributed by atoms with Gasteiger partial charge in [0.15, 0.2) is 0 Å². The van der Waals surface area contributed by atoms with Crippen LogP contribution < -0.4 is 4.74 Å². The first-order chi connectivity index (χ1) is 20.9. The minimum atomic E-state index is -0.438. The molecule has 2 atom stereocenters. The van der Waals surface area contributed by atoms with Crippen LogP contribution in [0.15, 0.2) is 72.8 Å². The lowest BCUT2D eigenvalue weighted by Gasteiger charge is -2.38. The number of carbonyl (C=O) groups is 1. The van der Waals surface area contributed by atoms with Crippen molar-refractivity contribution < 1.29 is 39.0 Å². The summed E-state index contributed by atoms with van der Waals surface area (Å²) in [6, 6.07) is 24.9. The number of nitrogens with zero attached hydrogens (tertiary/aromatic N) is 2. The number of benzene rings is 3. The SMILES string of the molecule is COCCCOc1cc(C)ccc1COC1CN(C(=O)OCCCON(O)O)CC[C@@H]1c1cccc(-c2ccccc2)c1. The van der Waals surface area contributed by atoms with Crippen LogP contribution in [-0.4, -0.2) is 79.5 Å². The standard InChI is InChI=1S/C33H42N2O8/c1-25-13-14-29(31(21-25)40-18-7-17-39-2)24-42-32-23-34(33(36)41-19-8-20-43-35(37)38)16-15-30(32)28-12-6-11-27(22-28)26-9-4-3-5-10-26/h3-6,9-14,21-22,30,32,37-38H,7-8,15-20,23-24H2,1-2H3/t30-,32?/m1/s1. The number of rotatable bonds is 15. The number of ether oxygens (including phenoxy) is 4.